The minimum atomic E-state index is -0.451. The maximum absolute atomic E-state index is 12.0. The predicted octanol–water partition coefficient (Wildman–Crippen LogP) is 3.43. The molecule has 1 aromatic heterocycles. The number of thiophene rings is 1. The third-order valence-corrected chi connectivity index (χ3v) is 4.47. The zero-order chi connectivity index (χ0) is 14.4. The molecule has 0 bridgehead atoms. The summed E-state index contributed by atoms with van der Waals surface area (Å²) >= 11 is 3.38. The topological polar surface area (TPSA) is 55.1 Å². The van der Waals surface area contributed by atoms with Crippen molar-refractivity contribution in [2.24, 2.45) is 5.73 Å². The van der Waals surface area contributed by atoms with E-state index in [0.717, 1.165) is 17.0 Å². The van der Waals surface area contributed by atoms with E-state index < -0.39 is 6.04 Å². The van der Waals surface area contributed by atoms with E-state index >= 15 is 0 Å². The molecule has 3 N–H and O–H groups in total. The molecule has 0 spiro atoms. The number of carbonyl (C=O) groups excluding carboxylic acids is 1. The number of thioether (sulfide) groups is 1. The van der Waals surface area contributed by atoms with Gasteiger partial charge in [-0.05, 0) is 47.6 Å². The zero-order valence-electron chi connectivity index (χ0n) is 11.3. The summed E-state index contributed by atoms with van der Waals surface area (Å²) in [5, 5.41) is 4.92. The Morgan fingerprint density at radius 3 is 2.95 bits per heavy atom. The van der Waals surface area contributed by atoms with Crippen LogP contribution < -0.4 is 11.1 Å². The second kappa shape index (κ2) is 7.47. The minimum Gasteiger partial charge on any atom is -0.325 e. The summed E-state index contributed by atoms with van der Waals surface area (Å²) in [6.45, 7) is 0. The van der Waals surface area contributed by atoms with Gasteiger partial charge in [-0.1, -0.05) is 18.2 Å². The largest absolute Gasteiger partial charge is 0.325 e. The van der Waals surface area contributed by atoms with Crippen LogP contribution in [0.2, 0.25) is 0 Å². The summed E-state index contributed by atoms with van der Waals surface area (Å²) in [5.74, 6) is 0.770. The van der Waals surface area contributed by atoms with Gasteiger partial charge in [0.05, 0.1) is 6.04 Å². The number of benzene rings is 1. The van der Waals surface area contributed by atoms with E-state index in [1.807, 2.05) is 42.0 Å². The third kappa shape index (κ3) is 4.10. The fourth-order valence-electron chi connectivity index (χ4n) is 1.80. The van der Waals surface area contributed by atoms with Crippen LogP contribution in [0.4, 0.5) is 5.69 Å². The number of anilines is 1. The standard InChI is InChI=1S/C15H18N2OS2/c1-19-9-7-13(16)15(18)17-12-5-2-4-11(10-12)14-6-3-8-20-14/h2-6,8,10,13H,7,9,16H2,1H3,(H,17,18)/t13-/m0/s1. The van der Waals surface area contributed by atoms with Crippen LogP contribution >= 0.6 is 23.1 Å². The summed E-state index contributed by atoms with van der Waals surface area (Å²) in [4.78, 5) is 13.2. The van der Waals surface area contributed by atoms with Gasteiger partial charge >= 0.3 is 0 Å². The van der Waals surface area contributed by atoms with Crippen LogP contribution in [0.1, 0.15) is 6.42 Å². The summed E-state index contributed by atoms with van der Waals surface area (Å²) in [6, 6.07) is 11.5. The van der Waals surface area contributed by atoms with Gasteiger partial charge in [0.1, 0.15) is 0 Å². The van der Waals surface area contributed by atoms with Crippen LogP contribution in [0, 0.1) is 0 Å². The smallest absolute Gasteiger partial charge is 0.241 e. The molecule has 20 heavy (non-hydrogen) atoms. The van der Waals surface area contributed by atoms with Gasteiger partial charge in [0.15, 0.2) is 0 Å². The third-order valence-electron chi connectivity index (χ3n) is 2.91. The number of nitrogens with two attached hydrogens (primary N) is 1. The fourth-order valence-corrected chi connectivity index (χ4v) is 3.02. The van der Waals surface area contributed by atoms with Crippen molar-refractivity contribution in [3.8, 4) is 10.4 Å². The molecule has 1 heterocycles. The van der Waals surface area contributed by atoms with E-state index in [2.05, 4.69) is 11.4 Å². The molecule has 0 unspecified atom stereocenters. The molecule has 0 radical (unpaired) electrons. The molecule has 1 atom stereocenters. The van der Waals surface area contributed by atoms with Gasteiger partial charge in [-0.2, -0.15) is 11.8 Å². The lowest BCUT2D eigenvalue weighted by molar-refractivity contribution is -0.117. The van der Waals surface area contributed by atoms with Crippen molar-refractivity contribution in [1.82, 2.24) is 0 Å². The van der Waals surface area contributed by atoms with Gasteiger partial charge in [-0.3, -0.25) is 4.79 Å². The molecule has 0 saturated carbocycles. The first-order valence-electron chi connectivity index (χ1n) is 6.40. The number of carbonyl (C=O) groups is 1. The quantitative estimate of drug-likeness (QED) is 0.859. The molecule has 2 aromatic rings. The lowest BCUT2D eigenvalue weighted by Gasteiger charge is -2.12. The average molecular weight is 306 g/mol. The van der Waals surface area contributed by atoms with Gasteiger partial charge in [-0.25, -0.2) is 0 Å². The highest BCUT2D eigenvalue weighted by molar-refractivity contribution is 7.98. The second-order valence-corrected chi connectivity index (χ2v) is 6.37. The van der Waals surface area contributed by atoms with Crippen molar-refractivity contribution in [1.29, 1.82) is 0 Å². The van der Waals surface area contributed by atoms with Gasteiger partial charge in [-0.15, -0.1) is 11.3 Å². The van der Waals surface area contributed by atoms with E-state index in [9.17, 15) is 4.79 Å². The normalized spacial score (nSPS) is 12.1. The number of hydrogen-bond acceptors (Lipinski definition) is 4. The molecule has 0 fully saturated rings. The Morgan fingerprint density at radius 1 is 1.40 bits per heavy atom. The highest BCUT2D eigenvalue weighted by atomic mass is 32.2. The molecule has 2 rings (SSSR count). The zero-order valence-corrected chi connectivity index (χ0v) is 13.0. The minimum absolute atomic E-state index is 0.123. The van der Waals surface area contributed by atoms with Crippen LogP contribution in [0.5, 0.6) is 0 Å². The van der Waals surface area contributed by atoms with Crippen molar-refractivity contribution in [2.75, 3.05) is 17.3 Å². The number of hydrogen-bond donors (Lipinski definition) is 2. The summed E-state index contributed by atoms with van der Waals surface area (Å²) in [7, 11) is 0. The number of rotatable bonds is 6. The first-order chi connectivity index (χ1) is 9.70. The van der Waals surface area contributed by atoms with Crippen molar-refractivity contribution in [2.45, 2.75) is 12.5 Å². The Morgan fingerprint density at radius 2 is 2.25 bits per heavy atom. The van der Waals surface area contributed by atoms with E-state index in [0.29, 0.717) is 6.42 Å². The summed E-state index contributed by atoms with van der Waals surface area (Å²) in [5.41, 5.74) is 7.76. The Balaban J connectivity index is 2.03. The first kappa shape index (κ1) is 15.1. The maximum Gasteiger partial charge on any atom is 0.241 e. The predicted molar refractivity (Wildman–Crippen MR) is 89.4 cm³/mol. The van der Waals surface area contributed by atoms with Gasteiger partial charge < -0.3 is 11.1 Å². The molecule has 0 aliphatic carbocycles. The van der Waals surface area contributed by atoms with Crippen LogP contribution in [-0.4, -0.2) is 24.0 Å². The Hall–Kier alpha value is -1.30. The molecular weight excluding hydrogens is 288 g/mol. The van der Waals surface area contributed by atoms with Crippen LogP contribution in [-0.2, 0) is 4.79 Å². The maximum atomic E-state index is 12.0. The Kier molecular flexibility index (Phi) is 5.64. The van der Waals surface area contributed by atoms with E-state index in [4.69, 9.17) is 5.73 Å². The van der Waals surface area contributed by atoms with E-state index in [1.54, 1.807) is 23.1 Å². The molecule has 0 aliphatic heterocycles. The second-order valence-electron chi connectivity index (χ2n) is 4.44. The van der Waals surface area contributed by atoms with Crippen molar-refractivity contribution in [3.05, 3.63) is 41.8 Å². The fraction of sp³-hybridized carbons (Fsp3) is 0.267. The van der Waals surface area contributed by atoms with Crippen LogP contribution in [0.25, 0.3) is 10.4 Å². The molecule has 0 saturated heterocycles. The van der Waals surface area contributed by atoms with Crippen molar-refractivity contribution >= 4 is 34.7 Å². The Labute approximate surface area is 127 Å². The lowest BCUT2D eigenvalue weighted by Crippen LogP contribution is -2.36. The SMILES string of the molecule is CSCC[C@H](N)C(=O)Nc1cccc(-c2cccs2)c1. The molecular formula is C15H18N2OS2. The molecule has 3 nitrogen and oxygen atoms in total. The van der Waals surface area contributed by atoms with Gasteiger partial charge in [0.2, 0.25) is 5.91 Å². The molecule has 5 heteroatoms. The van der Waals surface area contributed by atoms with Crippen molar-refractivity contribution < 1.29 is 4.79 Å². The molecule has 0 aliphatic rings. The first-order valence-corrected chi connectivity index (χ1v) is 8.67. The number of nitrogens with one attached hydrogen (secondary N) is 1. The lowest BCUT2D eigenvalue weighted by atomic mass is 10.1. The van der Waals surface area contributed by atoms with Crippen LogP contribution in [0.3, 0.4) is 0 Å². The number of amides is 1. The monoisotopic (exact) mass is 306 g/mol. The van der Waals surface area contributed by atoms with E-state index in [1.165, 1.54) is 4.88 Å². The molecule has 1 aromatic carbocycles. The highest BCUT2D eigenvalue weighted by Gasteiger charge is 2.13. The summed E-state index contributed by atoms with van der Waals surface area (Å²) in [6.07, 6.45) is 2.70. The van der Waals surface area contributed by atoms with E-state index in [-0.39, 0.29) is 5.91 Å². The molecule has 1 amide bonds. The van der Waals surface area contributed by atoms with Crippen LogP contribution in [0.15, 0.2) is 41.8 Å². The summed E-state index contributed by atoms with van der Waals surface area (Å²) < 4.78 is 0. The van der Waals surface area contributed by atoms with Crippen molar-refractivity contribution in [3.63, 3.8) is 0 Å². The van der Waals surface area contributed by atoms with Gasteiger partial charge in [0.25, 0.3) is 0 Å². The highest BCUT2D eigenvalue weighted by Crippen LogP contribution is 2.26. The molecule has 106 valence electrons. The Bertz CT molecular complexity index is 555. The average Bonchev–Trinajstić information content (AvgIpc) is 2.99. The van der Waals surface area contributed by atoms with Gasteiger partial charge in [0, 0.05) is 10.6 Å².